The maximum atomic E-state index is 4.29. The van der Waals surface area contributed by atoms with Gasteiger partial charge < -0.3 is 0 Å². The first-order chi connectivity index (χ1) is 15.0. The fourth-order valence-corrected chi connectivity index (χ4v) is 4.59. The first-order valence-electron chi connectivity index (χ1n) is 11.5. The molecule has 4 rings (SSSR count). The van der Waals surface area contributed by atoms with Gasteiger partial charge in [-0.3, -0.25) is 4.98 Å². The quantitative estimate of drug-likeness (QED) is 0.309. The Hall–Kier alpha value is -3.00. The highest BCUT2D eigenvalue weighted by atomic mass is 14.9. The Balaban J connectivity index is 2.02. The van der Waals surface area contributed by atoms with Gasteiger partial charge in [-0.25, -0.2) is 4.57 Å². The molecule has 164 valence electrons. The van der Waals surface area contributed by atoms with Crippen LogP contribution in [0.25, 0.3) is 33.2 Å². The van der Waals surface area contributed by atoms with Crippen molar-refractivity contribution in [1.82, 2.24) is 4.98 Å². The van der Waals surface area contributed by atoms with Gasteiger partial charge in [0.05, 0.1) is 10.9 Å². The largest absolute Gasteiger partial charge is 0.264 e. The number of rotatable bonds is 2. The van der Waals surface area contributed by atoms with Crippen LogP contribution in [0.2, 0.25) is 0 Å². The maximum absolute atomic E-state index is 4.29. The van der Waals surface area contributed by atoms with Crippen LogP contribution in [0.1, 0.15) is 58.2 Å². The zero-order valence-corrected chi connectivity index (χ0v) is 20.7. The van der Waals surface area contributed by atoms with Gasteiger partial charge in [-0.2, -0.15) is 0 Å². The molecule has 2 nitrogen and oxygen atoms in total. The SMILES string of the molecule is Cc1c(-c2c3ccc(-c4cccnc4)cc3cc[n+]2C)cc(C(C)(C)C)cc1C(C)(C)C. The lowest BCUT2D eigenvalue weighted by atomic mass is 9.76. The van der Waals surface area contributed by atoms with Crippen molar-refractivity contribution in [3.63, 3.8) is 0 Å². The zero-order chi connectivity index (χ0) is 23.3. The van der Waals surface area contributed by atoms with Gasteiger partial charge in [0, 0.05) is 24.0 Å². The smallest absolute Gasteiger partial charge is 0.220 e. The van der Waals surface area contributed by atoms with E-state index in [1.165, 1.54) is 44.3 Å². The van der Waals surface area contributed by atoms with Crippen LogP contribution in [0, 0.1) is 6.92 Å². The van der Waals surface area contributed by atoms with Gasteiger partial charge in [0.2, 0.25) is 5.69 Å². The van der Waals surface area contributed by atoms with Crippen molar-refractivity contribution in [1.29, 1.82) is 0 Å². The molecule has 0 N–H and O–H groups in total. The molecule has 0 saturated heterocycles. The van der Waals surface area contributed by atoms with Crippen LogP contribution in [0.3, 0.4) is 0 Å². The zero-order valence-electron chi connectivity index (χ0n) is 20.7. The molecule has 2 heteroatoms. The molecule has 0 aliphatic heterocycles. The first-order valence-corrected chi connectivity index (χ1v) is 11.5. The minimum atomic E-state index is 0.0801. The van der Waals surface area contributed by atoms with Gasteiger partial charge in [0.1, 0.15) is 7.05 Å². The van der Waals surface area contributed by atoms with Crippen molar-refractivity contribution in [2.45, 2.75) is 59.3 Å². The van der Waals surface area contributed by atoms with Crippen LogP contribution < -0.4 is 4.57 Å². The molecule has 0 radical (unpaired) electrons. The topological polar surface area (TPSA) is 16.8 Å². The number of benzene rings is 2. The van der Waals surface area contributed by atoms with Crippen molar-refractivity contribution < 1.29 is 4.57 Å². The van der Waals surface area contributed by atoms with E-state index >= 15 is 0 Å². The fraction of sp³-hybridized carbons (Fsp3) is 0.333. The summed E-state index contributed by atoms with van der Waals surface area (Å²) >= 11 is 0. The van der Waals surface area contributed by atoms with Crippen molar-refractivity contribution in [3.8, 4) is 22.4 Å². The standard InChI is InChI=1S/C30H35N2/c1-20-26(17-24(29(2,3)4)18-27(20)30(5,6)7)28-25-12-11-21(23-10-9-14-31-19-23)16-22(25)13-15-32(28)8/h9-19H,1-8H3/q+1. The van der Waals surface area contributed by atoms with Crippen LogP contribution in [0.5, 0.6) is 0 Å². The Labute approximate surface area is 193 Å². The number of aryl methyl sites for hydroxylation is 1. The Bertz CT molecular complexity index is 1290. The van der Waals surface area contributed by atoms with E-state index < -0.39 is 0 Å². The van der Waals surface area contributed by atoms with Gasteiger partial charge in [0.25, 0.3) is 0 Å². The molecule has 2 heterocycles. The summed E-state index contributed by atoms with van der Waals surface area (Å²) in [6.45, 7) is 16.1. The van der Waals surface area contributed by atoms with E-state index in [9.17, 15) is 0 Å². The molecule has 0 fully saturated rings. The molecule has 0 aliphatic rings. The lowest BCUT2D eigenvalue weighted by molar-refractivity contribution is -0.659. The number of fused-ring (bicyclic) bond motifs is 1. The van der Waals surface area contributed by atoms with E-state index in [2.05, 4.69) is 114 Å². The number of aromatic nitrogens is 2. The molecule has 0 bridgehead atoms. The molecular weight excluding hydrogens is 388 g/mol. The summed E-state index contributed by atoms with van der Waals surface area (Å²) < 4.78 is 2.27. The number of hydrogen-bond acceptors (Lipinski definition) is 1. The van der Waals surface area contributed by atoms with Crippen LogP contribution in [-0.4, -0.2) is 4.98 Å². The average Bonchev–Trinajstić information content (AvgIpc) is 2.73. The lowest BCUT2D eigenvalue weighted by Gasteiger charge is -2.28. The summed E-state index contributed by atoms with van der Waals surface area (Å²) in [6, 6.07) is 17.9. The van der Waals surface area contributed by atoms with E-state index in [4.69, 9.17) is 0 Å². The minimum Gasteiger partial charge on any atom is -0.264 e. The maximum Gasteiger partial charge on any atom is 0.220 e. The highest BCUT2D eigenvalue weighted by Gasteiger charge is 2.27. The summed E-state index contributed by atoms with van der Waals surface area (Å²) in [6.07, 6.45) is 5.93. The lowest BCUT2D eigenvalue weighted by Crippen LogP contribution is -2.31. The molecule has 0 aliphatic carbocycles. The summed E-state index contributed by atoms with van der Waals surface area (Å²) in [5.74, 6) is 0. The Morgan fingerprint density at radius 3 is 2.19 bits per heavy atom. The van der Waals surface area contributed by atoms with E-state index in [1.54, 1.807) is 0 Å². The van der Waals surface area contributed by atoms with Crippen molar-refractivity contribution in [2.75, 3.05) is 0 Å². The predicted molar refractivity (Wildman–Crippen MR) is 136 cm³/mol. The van der Waals surface area contributed by atoms with Gasteiger partial charge in [-0.05, 0) is 69.7 Å². The molecule has 0 amide bonds. The molecule has 0 saturated carbocycles. The molecule has 0 unspecified atom stereocenters. The van der Waals surface area contributed by atoms with Crippen LogP contribution in [-0.2, 0) is 17.9 Å². The van der Waals surface area contributed by atoms with E-state index in [0.717, 1.165) is 5.56 Å². The molecule has 32 heavy (non-hydrogen) atoms. The second-order valence-electron chi connectivity index (χ2n) is 11.0. The van der Waals surface area contributed by atoms with E-state index in [0.29, 0.717) is 0 Å². The number of hydrogen-bond donors (Lipinski definition) is 0. The normalized spacial score (nSPS) is 12.4. The van der Waals surface area contributed by atoms with Crippen molar-refractivity contribution >= 4 is 10.8 Å². The third-order valence-corrected chi connectivity index (χ3v) is 6.47. The second kappa shape index (κ2) is 7.85. The molecule has 0 atom stereocenters. The number of pyridine rings is 2. The second-order valence-corrected chi connectivity index (χ2v) is 11.0. The molecule has 4 aromatic rings. The average molecular weight is 424 g/mol. The molecule has 2 aromatic heterocycles. The Morgan fingerprint density at radius 2 is 1.56 bits per heavy atom. The highest BCUT2D eigenvalue weighted by Crippen LogP contribution is 2.38. The van der Waals surface area contributed by atoms with E-state index in [1.807, 2.05) is 18.5 Å². The Morgan fingerprint density at radius 1 is 0.812 bits per heavy atom. The van der Waals surface area contributed by atoms with Gasteiger partial charge in [-0.15, -0.1) is 0 Å². The first kappa shape index (κ1) is 22.2. The third-order valence-electron chi connectivity index (χ3n) is 6.47. The number of nitrogens with zero attached hydrogens (tertiary/aromatic N) is 2. The monoisotopic (exact) mass is 423 g/mol. The summed E-state index contributed by atoms with van der Waals surface area (Å²) in [5.41, 5.74) is 9.27. The minimum absolute atomic E-state index is 0.0801. The highest BCUT2D eigenvalue weighted by molar-refractivity contribution is 5.96. The predicted octanol–water partition coefficient (Wildman–Crippen LogP) is 7.30. The molecule has 0 spiro atoms. The third kappa shape index (κ3) is 4.07. The van der Waals surface area contributed by atoms with Gasteiger partial charge in [-0.1, -0.05) is 59.7 Å². The fourth-order valence-electron chi connectivity index (χ4n) is 4.59. The molecule has 2 aromatic carbocycles. The van der Waals surface area contributed by atoms with Gasteiger partial charge >= 0.3 is 0 Å². The summed E-state index contributed by atoms with van der Waals surface area (Å²) in [7, 11) is 2.16. The van der Waals surface area contributed by atoms with E-state index in [-0.39, 0.29) is 10.8 Å². The van der Waals surface area contributed by atoms with Crippen LogP contribution in [0.15, 0.2) is 67.1 Å². The van der Waals surface area contributed by atoms with Crippen molar-refractivity contribution in [2.24, 2.45) is 7.05 Å². The van der Waals surface area contributed by atoms with Gasteiger partial charge in [0.15, 0.2) is 6.20 Å². The molecular formula is C30H35N2+. The van der Waals surface area contributed by atoms with Crippen LogP contribution >= 0.6 is 0 Å². The summed E-state index contributed by atoms with van der Waals surface area (Å²) in [4.78, 5) is 4.29. The van der Waals surface area contributed by atoms with Crippen LogP contribution in [0.4, 0.5) is 0 Å². The Kier molecular flexibility index (Phi) is 5.45. The summed E-state index contributed by atoms with van der Waals surface area (Å²) in [5, 5.41) is 2.52. The van der Waals surface area contributed by atoms with Crippen molar-refractivity contribution in [3.05, 3.63) is 83.8 Å².